The Morgan fingerprint density at radius 3 is 2.06 bits per heavy atom. The van der Waals surface area contributed by atoms with Crippen molar-refractivity contribution < 1.29 is 97.4 Å². The number of nitrogens with two attached hydrogens (primary N) is 1. The number of aliphatic hydroxyl groups excluding tert-OH is 3. The lowest BCUT2D eigenvalue weighted by atomic mass is 9.44. The third-order valence-electron chi connectivity index (χ3n) is 19.2. The maximum absolute atomic E-state index is 15.4. The topological polar surface area (TPSA) is 385 Å². The number of hydrogen-bond donors (Lipinski definition) is 9. The fourth-order valence-electron chi connectivity index (χ4n) is 14.2. The molecule has 10 N–H and O–H groups in total. The summed E-state index contributed by atoms with van der Waals surface area (Å²) < 4.78 is 36.3. The molecule has 2 aliphatic heterocycles. The predicted molar refractivity (Wildman–Crippen MR) is 339 cm³/mol. The molecule has 9 rings (SSSR count). The number of amides is 4. The second kappa shape index (κ2) is 27.1. The lowest BCUT2D eigenvalue weighted by molar-refractivity contribution is -0.346. The monoisotopic (exact) mass is 1320 g/mol. The van der Waals surface area contributed by atoms with Gasteiger partial charge in [0, 0.05) is 64.0 Å². The zero-order chi connectivity index (χ0) is 69.6. The highest BCUT2D eigenvalue weighted by Gasteiger charge is 2.78. The van der Waals surface area contributed by atoms with Crippen LogP contribution in [0.3, 0.4) is 0 Å². The van der Waals surface area contributed by atoms with Crippen molar-refractivity contribution in [2.75, 3.05) is 37.7 Å². The van der Waals surface area contributed by atoms with Crippen LogP contribution in [0.2, 0.25) is 0 Å². The van der Waals surface area contributed by atoms with Gasteiger partial charge in [0.25, 0.3) is 5.91 Å². The Balaban J connectivity index is 0.972. The second-order valence-electron chi connectivity index (χ2n) is 27.1. The van der Waals surface area contributed by atoms with E-state index in [1.165, 1.54) is 62.9 Å². The van der Waals surface area contributed by atoms with Crippen LogP contribution in [-0.2, 0) is 58.9 Å². The Bertz CT molecular complexity index is 3660. The van der Waals surface area contributed by atoms with E-state index in [9.17, 15) is 59.4 Å². The van der Waals surface area contributed by atoms with Gasteiger partial charge in [-0.25, -0.2) is 24.1 Å². The van der Waals surface area contributed by atoms with Crippen LogP contribution in [0.1, 0.15) is 133 Å². The van der Waals surface area contributed by atoms with Crippen molar-refractivity contribution in [2.45, 2.75) is 167 Å². The molecule has 3 aliphatic carbocycles. The number of fused-ring (bicyclic) bond motifs is 5. The maximum atomic E-state index is 15.4. The number of ketones is 1. The number of carbonyl (C=O) groups excluding carboxylic acids is 8. The zero-order valence-corrected chi connectivity index (χ0v) is 54.7. The number of alkyl carbamates (subject to hydrolysis) is 1. The van der Waals surface area contributed by atoms with Gasteiger partial charge in [0.15, 0.2) is 11.4 Å². The van der Waals surface area contributed by atoms with E-state index in [4.69, 9.17) is 39.6 Å². The lowest BCUT2D eigenvalue weighted by Gasteiger charge is -2.67. The number of anilines is 1. The molecule has 0 spiro atoms. The van der Waals surface area contributed by atoms with Gasteiger partial charge in [0.1, 0.15) is 65.1 Å². The van der Waals surface area contributed by atoms with Crippen LogP contribution in [0.5, 0.6) is 11.5 Å². The van der Waals surface area contributed by atoms with E-state index in [0.29, 0.717) is 25.2 Å². The molecule has 0 unspecified atom stereocenters. The standard InChI is InChI=1S/C69H84N6O20/c1-36(2)43-29-44(46(78)30-45(43)77)59(70)75(63(71)87)42-23-21-39(22-24-42)34-73-25-27-74(28-26-73)60(84)47(79)31-51(81)92-55(53(40-17-13-11-14-18-40)72-64(88)95-65(5,6)7)62(86)91-48-33-69(89)58(93-61(85)41-19-15-12-16-20-41)56-67(10,57(83)54(82)52(37(48)3)66(69,8)9)49(80)32-50-68(56,35-90-50)94-38(4)76/h11-24,29-30,36,47-50,53-56,58,70,77-80,82,89H,25-28,31-35H2,1-10H3,(H2,71,87)(H,72,88)/t47-,48+,49+,50-,53+,54-,55-,56+,58+,67-,68+,69-/m1/s1. The molecule has 2 bridgehead atoms. The number of esters is 4. The number of urea groups is 1. The summed E-state index contributed by atoms with van der Waals surface area (Å²) >= 11 is 0. The van der Waals surface area contributed by atoms with E-state index in [2.05, 4.69) is 5.32 Å². The number of phenolic OH excluding ortho intramolecular Hbond substituents is 2. The molecular formula is C69H84N6O20. The zero-order valence-electron chi connectivity index (χ0n) is 54.7. The molecule has 2 heterocycles. The van der Waals surface area contributed by atoms with Crippen LogP contribution < -0.4 is 16.0 Å². The molecule has 4 fully saturated rings. The number of ether oxygens (including phenoxy) is 6. The predicted octanol–water partition coefficient (Wildman–Crippen LogP) is 5.35. The number of piperazine rings is 1. The number of phenols is 2. The van der Waals surface area contributed by atoms with Crippen LogP contribution >= 0.6 is 0 Å². The molecule has 4 aromatic carbocycles. The van der Waals surface area contributed by atoms with Gasteiger partial charge < -0.3 is 75.0 Å². The van der Waals surface area contributed by atoms with Gasteiger partial charge in [-0.15, -0.1) is 0 Å². The van der Waals surface area contributed by atoms with Crippen molar-refractivity contribution >= 4 is 59.2 Å². The number of hydrogen-bond acceptors (Lipinski definition) is 22. The number of primary amides is 1. The molecular weight excluding hydrogens is 1230 g/mol. The number of aromatic hydroxyl groups is 2. The molecule has 2 saturated heterocycles. The van der Waals surface area contributed by atoms with E-state index in [0.717, 1.165) is 23.5 Å². The fraction of sp³-hybridized carbons (Fsp3) is 0.493. The maximum Gasteiger partial charge on any atom is 0.408 e. The number of rotatable bonds is 17. The molecule has 12 atom stereocenters. The van der Waals surface area contributed by atoms with E-state index in [-0.39, 0.29) is 71.3 Å². The van der Waals surface area contributed by atoms with Crippen molar-refractivity contribution in [3.8, 4) is 11.5 Å². The largest absolute Gasteiger partial charge is 0.508 e. The van der Waals surface area contributed by atoms with Gasteiger partial charge >= 0.3 is 36.0 Å². The minimum atomic E-state index is -2.54. The minimum absolute atomic E-state index is 0.00322. The molecule has 0 radical (unpaired) electrons. The van der Waals surface area contributed by atoms with Crippen molar-refractivity contribution in [2.24, 2.45) is 22.5 Å². The summed E-state index contributed by atoms with van der Waals surface area (Å²) in [6.45, 7) is 16.1. The summed E-state index contributed by atoms with van der Waals surface area (Å²) in [5.41, 5.74) is -2.26. The highest BCUT2D eigenvalue weighted by molar-refractivity contribution is 6.22. The summed E-state index contributed by atoms with van der Waals surface area (Å²) in [6.07, 6.45) is -15.8. The van der Waals surface area contributed by atoms with E-state index in [1.807, 2.05) is 18.7 Å². The molecule has 2 saturated carbocycles. The molecule has 0 aromatic heterocycles. The van der Waals surface area contributed by atoms with Crippen molar-refractivity contribution in [1.29, 1.82) is 5.41 Å². The van der Waals surface area contributed by atoms with E-state index in [1.54, 1.807) is 81.4 Å². The smallest absolute Gasteiger partial charge is 0.408 e. The number of carbonyl (C=O) groups is 8. The Morgan fingerprint density at radius 2 is 1.49 bits per heavy atom. The first-order valence-corrected chi connectivity index (χ1v) is 31.4. The minimum Gasteiger partial charge on any atom is -0.508 e. The summed E-state index contributed by atoms with van der Waals surface area (Å²) in [7, 11) is 0. The fourth-order valence-corrected chi connectivity index (χ4v) is 14.2. The molecule has 4 amide bonds. The number of nitrogens with one attached hydrogen (secondary N) is 2. The lowest BCUT2D eigenvalue weighted by Crippen LogP contribution is -2.81. The van der Waals surface area contributed by atoms with Crippen LogP contribution in [0.4, 0.5) is 15.3 Å². The van der Waals surface area contributed by atoms with Crippen molar-refractivity contribution in [3.63, 3.8) is 0 Å². The van der Waals surface area contributed by atoms with Gasteiger partial charge in [0.2, 0.25) is 6.10 Å². The van der Waals surface area contributed by atoms with E-state index >= 15 is 9.59 Å². The second-order valence-corrected chi connectivity index (χ2v) is 27.1. The highest BCUT2D eigenvalue weighted by Crippen LogP contribution is 2.64. The average Bonchev–Trinajstić information content (AvgIpc) is 0.671. The summed E-state index contributed by atoms with van der Waals surface area (Å²) in [6, 6.07) is 21.9. The normalized spacial score (nSPS) is 26.5. The van der Waals surface area contributed by atoms with Crippen molar-refractivity contribution in [3.05, 3.63) is 136 Å². The summed E-state index contributed by atoms with van der Waals surface area (Å²) in [5, 5.41) is 82.6. The molecule has 26 heteroatoms. The molecule has 95 heavy (non-hydrogen) atoms. The summed E-state index contributed by atoms with van der Waals surface area (Å²) in [4.78, 5) is 118. The molecule has 5 aliphatic rings. The van der Waals surface area contributed by atoms with Gasteiger partial charge in [-0.2, -0.15) is 0 Å². The van der Waals surface area contributed by atoms with Gasteiger partial charge in [-0.05, 0) is 98.7 Å². The molecule has 510 valence electrons. The third kappa shape index (κ3) is 13.7. The van der Waals surface area contributed by atoms with Crippen LogP contribution in [-0.4, -0.2) is 186 Å². The van der Waals surface area contributed by atoms with Crippen LogP contribution in [0, 0.1) is 22.2 Å². The third-order valence-corrected chi connectivity index (χ3v) is 19.2. The summed E-state index contributed by atoms with van der Waals surface area (Å²) in [5.74, 6) is -9.24. The van der Waals surface area contributed by atoms with Gasteiger partial charge in [0.05, 0.1) is 47.3 Å². The van der Waals surface area contributed by atoms with Crippen LogP contribution in [0.25, 0.3) is 0 Å². The number of amidine groups is 1. The Hall–Kier alpha value is -8.79. The number of Topliss-reactive ketones (excluding diaryl/α,β-unsaturated/α-hetero) is 1. The van der Waals surface area contributed by atoms with E-state index < -0.39 is 154 Å². The highest BCUT2D eigenvalue weighted by atomic mass is 16.6. The Labute approximate surface area is 549 Å². The average molecular weight is 1320 g/mol. The molecule has 4 aromatic rings. The van der Waals surface area contributed by atoms with Gasteiger partial charge in [-0.1, -0.05) is 88.4 Å². The molecule has 26 nitrogen and oxygen atoms in total. The number of aliphatic hydroxyl groups is 4. The number of benzene rings is 4. The Morgan fingerprint density at radius 1 is 0.874 bits per heavy atom. The van der Waals surface area contributed by atoms with Crippen LogP contribution in [0.15, 0.2) is 108 Å². The van der Waals surface area contributed by atoms with Gasteiger partial charge in [-0.3, -0.25) is 29.5 Å². The first kappa shape index (κ1) is 70.5. The number of nitrogens with zero attached hydrogens (tertiary/aromatic N) is 3. The first-order chi connectivity index (χ1) is 44.5. The van der Waals surface area contributed by atoms with Crippen molar-refractivity contribution in [1.82, 2.24) is 15.1 Å². The Kier molecular flexibility index (Phi) is 20.1. The quantitative estimate of drug-likeness (QED) is 0.0211. The first-order valence-electron chi connectivity index (χ1n) is 31.4. The SMILES string of the molecule is CC(=O)O[C@@]12CO[C@@H]1C[C@H](O)[C@@]1(C)C(=O)[C@H](O)C3=C(C)[C@@H](OC(=O)[C@H](OC(=O)C[C@@H](O)C(=O)N4CCN(Cc5ccc(N(C(=N)c6cc(C(C)C)c(O)cc6O)C(N)=O)cc5)CC4)[C@@H](NC(=O)OC(C)(C)C)c4ccccc4)C[C@@](O)([C@@H](OC(=O)c4ccccc4)[C@H]21)C3(C)C.